The second-order valence-electron chi connectivity index (χ2n) is 7.46. The quantitative estimate of drug-likeness (QED) is 0.552. The van der Waals surface area contributed by atoms with Crippen LogP contribution >= 0.6 is 11.3 Å². The maximum absolute atomic E-state index is 12.6. The molecule has 1 aliphatic heterocycles. The van der Waals surface area contributed by atoms with Crippen molar-refractivity contribution in [2.45, 2.75) is 19.4 Å². The van der Waals surface area contributed by atoms with E-state index in [1.54, 1.807) is 29.4 Å². The highest BCUT2D eigenvalue weighted by Gasteiger charge is 2.28. The summed E-state index contributed by atoms with van der Waals surface area (Å²) in [5.41, 5.74) is 1.76. The fraction of sp³-hybridized carbons (Fsp3) is 0.250. The summed E-state index contributed by atoms with van der Waals surface area (Å²) in [6.07, 6.45) is 8.31. The third-order valence-electron chi connectivity index (χ3n) is 5.18. The van der Waals surface area contributed by atoms with E-state index in [9.17, 15) is 9.59 Å². The fourth-order valence-electron chi connectivity index (χ4n) is 3.47. The molecule has 2 amide bonds. The molecule has 1 N–H and O–H groups in total. The lowest BCUT2D eigenvalue weighted by molar-refractivity contribution is -0.130. The van der Waals surface area contributed by atoms with Crippen LogP contribution in [0.2, 0.25) is 0 Å². The van der Waals surface area contributed by atoms with E-state index in [0.29, 0.717) is 24.8 Å². The Balaban J connectivity index is 1.28. The van der Waals surface area contributed by atoms with E-state index < -0.39 is 0 Å². The van der Waals surface area contributed by atoms with Gasteiger partial charge in [-0.2, -0.15) is 0 Å². The van der Waals surface area contributed by atoms with Gasteiger partial charge in [0.05, 0.1) is 11.6 Å². The van der Waals surface area contributed by atoms with Crippen molar-refractivity contribution in [2.75, 3.05) is 18.4 Å². The molecule has 0 bridgehead atoms. The largest absolute Gasteiger partial charge is 0.487 e. The third-order valence-corrected chi connectivity index (χ3v) is 5.87. The second kappa shape index (κ2) is 10.7. The summed E-state index contributed by atoms with van der Waals surface area (Å²) < 4.78 is 5.74. The Kier molecular flexibility index (Phi) is 7.24. The number of aromatic nitrogens is 2. The number of anilines is 1. The maximum atomic E-state index is 12.6. The molecule has 3 heterocycles. The molecule has 3 aromatic rings. The van der Waals surface area contributed by atoms with Gasteiger partial charge in [0, 0.05) is 36.9 Å². The number of ether oxygens (including phenoxy) is 1. The SMILES string of the molecule is O=C(Nc1nccs1)C1CCCN(C(=O)C=Cc2ccc(OCc3ccccn3)cc2)C1. The van der Waals surface area contributed by atoms with Crippen LogP contribution < -0.4 is 10.1 Å². The van der Waals surface area contributed by atoms with Crippen LogP contribution in [0.25, 0.3) is 6.08 Å². The molecule has 2 aromatic heterocycles. The summed E-state index contributed by atoms with van der Waals surface area (Å²) in [7, 11) is 0. The van der Waals surface area contributed by atoms with Crippen LogP contribution in [0.1, 0.15) is 24.1 Å². The van der Waals surface area contributed by atoms with E-state index in [1.807, 2.05) is 47.8 Å². The van der Waals surface area contributed by atoms with Gasteiger partial charge in [-0.25, -0.2) is 4.98 Å². The van der Waals surface area contributed by atoms with Crippen LogP contribution in [0.4, 0.5) is 5.13 Å². The van der Waals surface area contributed by atoms with Crippen molar-refractivity contribution in [1.82, 2.24) is 14.9 Å². The maximum Gasteiger partial charge on any atom is 0.246 e. The van der Waals surface area contributed by atoms with Crippen molar-refractivity contribution >= 4 is 34.4 Å². The number of piperidine rings is 1. The van der Waals surface area contributed by atoms with Gasteiger partial charge in [0.25, 0.3) is 0 Å². The minimum absolute atomic E-state index is 0.0808. The fourth-order valence-corrected chi connectivity index (χ4v) is 4.00. The number of nitrogens with zero attached hydrogens (tertiary/aromatic N) is 3. The normalized spacial score (nSPS) is 16.1. The van der Waals surface area contributed by atoms with E-state index in [0.717, 1.165) is 29.8 Å². The molecular weight excluding hydrogens is 424 g/mol. The standard InChI is InChI=1S/C24H24N4O3S/c29-22(28-14-3-4-19(16-28)23(30)27-24-26-13-15-32-24)11-8-18-6-9-21(10-7-18)31-17-20-5-1-2-12-25-20/h1-2,5-13,15,19H,3-4,14,16-17H2,(H,26,27,30). The molecule has 0 radical (unpaired) electrons. The molecule has 1 aliphatic rings. The van der Waals surface area contributed by atoms with Crippen LogP contribution in [-0.4, -0.2) is 39.8 Å². The number of amides is 2. The predicted octanol–water partition coefficient (Wildman–Crippen LogP) is 4.01. The minimum atomic E-state index is -0.222. The monoisotopic (exact) mass is 448 g/mol. The molecule has 1 saturated heterocycles. The Morgan fingerprint density at radius 1 is 1.16 bits per heavy atom. The first kappa shape index (κ1) is 21.7. The number of pyridine rings is 1. The Bertz CT molecular complexity index is 1050. The zero-order chi connectivity index (χ0) is 22.2. The Morgan fingerprint density at radius 2 is 2.03 bits per heavy atom. The molecule has 1 atom stereocenters. The topological polar surface area (TPSA) is 84.4 Å². The minimum Gasteiger partial charge on any atom is -0.487 e. The van der Waals surface area contributed by atoms with Crippen molar-refractivity contribution in [3.05, 3.63) is 77.6 Å². The molecule has 1 aromatic carbocycles. The number of likely N-dealkylation sites (tertiary alicyclic amines) is 1. The summed E-state index contributed by atoms with van der Waals surface area (Å²) in [4.78, 5) is 35.2. The molecule has 32 heavy (non-hydrogen) atoms. The highest BCUT2D eigenvalue weighted by atomic mass is 32.1. The second-order valence-corrected chi connectivity index (χ2v) is 8.36. The average Bonchev–Trinajstić information content (AvgIpc) is 3.35. The lowest BCUT2D eigenvalue weighted by Gasteiger charge is -2.31. The van der Waals surface area contributed by atoms with Gasteiger partial charge in [-0.3, -0.25) is 14.6 Å². The summed E-state index contributed by atoms with van der Waals surface area (Å²) in [6, 6.07) is 13.2. The van der Waals surface area contributed by atoms with Gasteiger partial charge in [0.2, 0.25) is 11.8 Å². The molecule has 1 fully saturated rings. The highest BCUT2D eigenvalue weighted by Crippen LogP contribution is 2.20. The van der Waals surface area contributed by atoms with Crippen molar-refractivity contribution < 1.29 is 14.3 Å². The smallest absolute Gasteiger partial charge is 0.246 e. The number of carbonyl (C=O) groups excluding carboxylic acids is 2. The first-order valence-corrected chi connectivity index (χ1v) is 11.4. The molecule has 0 saturated carbocycles. The Labute approximate surface area is 190 Å². The van der Waals surface area contributed by atoms with Crippen LogP contribution in [0.3, 0.4) is 0 Å². The zero-order valence-electron chi connectivity index (χ0n) is 17.5. The zero-order valence-corrected chi connectivity index (χ0v) is 18.3. The van der Waals surface area contributed by atoms with Gasteiger partial charge in [-0.1, -0.05) is 18.2 Å². The Hall–Kier alpha value is -3.52. The van der Waals surface area contributed by atoms with E-state index in [4.69, 9.17) is 4.74 Å². The number of thiazole rings is 1. The molecule has 164 valence electrons. The number of benzene rings is 1. The van der Waals surface area contributed by atoms with E-state index in [-0.39, 0.29) is 17.7 Å². The van der Waals surface area contributed by atoms with E-state index >= 15 is 0 Å². The van der Waals surface area contributed by atoms with E-state index in [2.05, 4.69) is 15.3 Å². The van der Waals surface area contributed by atoms with Gasteiger partial charge in [-0.05, 0) is 48.7 Å². The van der Waals surface area contributed by atoms with Crippen LogP contribution in [0, 0.1) is 5.92 Å². The van der Waals surface area contributed by atoms with Crippen molar-refractivity contribution in [3.63, 3.8) is 0 Å². The molecule has 7 nitrogen and oxygen atoms in total. The van der Waals surface area contributed by atoms with Crippen LogP contribution in [-0.2, 0) is 16.2 Å². The molecule has 0 aliphatic carbocycles. The van der Waals surface area contributed by atoms with Crippen molar-refractivity contribution in [3.8, 4) is 5.75 Å². The molecule has 4 rings (SSSR count). The number of nitrogens with one attached hydrogen (secondary N) is 1. The van der Waals surface area contributed by atoms with Crippen LogP contribution in [0.15, 0.2) is 66.3 Å². The van der Waals surface area contributed by atoms with Crippen molar-refractivity contribution in [2.24, 2.45) is 5.92 Å². The summed E-state index contributed by atoms with van der Waals surface area (Å²) in [5.74, 6) is 0.347. The van der Waals surface area contributed by atoms with Gasteiger partial charge in [0.1, 0.15) is 12.4 Å². The van der Waals surface area contributed by atoms with Crippen LogP contribution in [0.5, 0.6) is 5.75 Å². The first-order valence-electron chi connectivity index (χ1n) is 10.5. The molecular formula is C24H24N4O3S. The third kappa shape index (κ3) is 6.01. The highest BCUT2D eigenvalue weighted by molar-refractivity contribution is 7.13. The summed E-state index contributed by atoms with van der Waals surface area (Å²) in [6.45, 7) is 1.48. The molecule has 1 unspecified atom stereocenters. The molecule has 0 spiro atoms. The van der Waals surface area contributed by atoms with Crippen molar-refractivity contribution in [1.29, 1.82) is 0 Å². The van der Waals surface area contributed by atoms with E-state index in [1.165, 1.54) is 11.3 Å². The number of carbonyl (C=O) groups is 2. The number of hydrogen-bond acceptors (Lipinski definition) is 6. The Morgan fingerprint density at radius 3 is 2.78 bits per heavy atom. The lowest BCUT2D eigenvalue weighted by Crippen LogP contribution is -2.43. The lowest BCUT2D eigenvalue weighted by atomic mass is 9.97. The molecule has 8 heteroatoms. The number of hydrogen-bond donors (Lipinski definition) is 1. The summed E-state index contributed by atoms with van der Waals surface area (Å²) in [5, 5.41) is 5.24. The average molecular weight is 449 g/mol. The van der Waals surface area contributed by atoms with Gasteiger partial charge >= 0.3 is 0 Å². The number of rotatable bonds is 7. The first-order chi connectivity index (χ1) is 15.7. The summed E-state index contributed by atoms with van der Waals surface area (Å²) >= 11 is 1.38. The predicted molar refractivity (Wildman–Crippen MR) is 124 cm³/mol. The van der Waals surface area contributed by atoms with Gasteiger partial charge < -0.3 is 15.0 Å². The van der Waals surface area contributed by atoms with Gasteiger partial charge in [0.15, 0.2) is 5.13 Å². The van der Waals surface area contributed by atoms with Gasteiger partial charge in [-0.15, -0.1) is 11.3 Å².